The SMILES string of the molecule is NC(=O)CCNC(=O)C1CCCc2[nH]c3ccccc3c21. The number of aryl methyl sites for hydroxylation is 1. The van der Waals surface area contributed by atoms with Gasteiger partial charge in [-0.3, -0.25) is 9.59 Å². The molecule has 0 fully saturated rings. The number of carbonyl (C=O) groups is 2. The lowest BCUT2D eigenvalue weighted by molar-refractivity contribution is -0.123. The highest BCUT2D eigenvalue weighted by Crippen LogP contribution is 2.37. The molecule has 3 rings (SSSR count). The van der Waals surface area contributed by atoms with Crippen LogP contribution in [0.2, 0.25) is 0 Å². The third kappa shape index (κ3) is 2.63. The maximum atomic E-state index is 12.4. The highest BCUT2D eigenvalue weighted by Gasteiger charge is 2.29. The number of H-pyrrole nitrogens is 1. The van der Waals surface area contributed by atoms with Crippen LogP contribution in [0.4, 0.5) is 0 Å². The third-order valence-electron chi connectivity index (χ3n) is 4.08. The second kappa shape index (κ2) is 5.60. The van der Waals surface area contributed by atoms with Crippen molar-refractivity contribution in [3.05, 3.63) is 35.5 Å². The molecule has 0 bridgehead atoms. The predicted octanol–water partition coefficient (Wildman–Crippen LogP) is 1.58. The Morgan fingerprint density at radius 3 is 2.95 bits per heavy atom. The predicted molar refractivity (Wildman–Crippen MR) is 80.8 cm³/mol. The third-order valence-corrected chi connectivity index (χ3v) is 4.08. The van der Waals surface area contributed by atoms with Crippen molar-refractivity contribution in [1.82, 2.24) is 10.3 Å². The van der Waals surface area contributed by atoms with E-state index < -0.39 is 5.91 Å². The number of hydrogen-bond acceptors (Lipinski definition) is 2. The van der Waals surface area contributed by atoms with Crippen molar-refractivity contribution in [2.75, 3.05) is 6.54 Å². The lowest BCUT2D eigenvalue weighted by Gasteiger charge is -2.22. The molecule has 1 unspecified atom stereocenters. The van der Waals surface area contributed by atoms with Crippen LogP contribution < -0.4 is 11.1 Å². The fraction of sp³-hybridized carbons (Fsp3) is 0.375. The second-order valence-corrected chi connectivity index (χ2v) is 5.51. The van der Waals surface area contributed by atoms with Gasteiger partial charge in [0.25, 0.3) is 0 Å². The van der Waals surface area contributed by atoms with E-state index in [1.165, 1.54) is 0 Å². The van der Waals surface area contributed by atoms with E-state index in [0.717, 1.165) is 41.4 Å². The monoisotopic (exact) mass is 285 g/mol. The van der Waals surface area contributed by atoms with Gasteiger partial charge in [0.05, 0.1) is 5.92 Å². The van der Waals surface area contributed by atoms with Crippen molar-refractivity contribution in [1.29, 1.82) is 0 Å². The Kier molecular flexibility index (Phi) is 3.64. The summed E-state index contributed by atoms with van der Waals surface area (Å²) in [6.07, 6.45) is 3.00. The molecule has 0 saturated carbocycles. The molecule has 5 heteroatoms. The van der Waals surface area contributed by atoms with Gasteiger partial charge in [0.1, 0.15) is 0 Å². The molecule has 1 aliphatic rings. The first-order valence-electron chi connectivity index (χ1n) is 7.32. The van der Waals surface area contributed by atoms with Gasteiger partial charge in [-0.2, -0.15) is 0 Å². The van der Waals surface area contributed by atoms with Gasteiger partial charge >= 0.3 is 0 Å². The average Bonchev–Trinajstić information content (AvgIpc) is 2.85. The van der Waals surface area contributed by atoms with Crippen LogP contribution >= 0.6 is 0 Å². The molecule has 1 aliphatic carbocycles. The summed E-state index contributed by atoms with van der Waals surface area (Å²) in [5, 5.41) is 3.95. The maximum Gasteiger partial charge on any atom is 0.227 e. The Hall–Kier alpha value is -2.30. The molecule has 21 heavy (non-hydrogen) atoms. The summed E-state index contributed by atoms with van der Waals surface area (Å²) in [4.78, 5) is 26.6. The summed E-state index contributed by atoms with van der Waals surface area (Å²) in [5.74, 6) is -0.550. The molecule has 2 amide bonds. The van der Waals surface area contributed by atoms with E-state index in [-0.39, 0.29) is 18.2 Å². The Bertz CT molecular complexity index is 690. The zero-order valence-electron chi connectivity index (χ0n) is 11.8. The number of hydrogen-bond donors (Lipinski definition) is 3. The molecular weight excluding hydrogens is 266 g/mol. The summed E-state index contributed by atoms with van der Waals surface area (Å²) in [5.41, 5.74) is 8.46. The molecule has 0 radical (unpaired) electrons. The minimum absolute atomic E-state index is 0.0121. The average molecular weight is 285 g/mol. The number of fused-ring (bicyclic) bond motifs is 3. The highest BCUT2D eigenvalue weighted by atomic mass is 16.2. The Morgan fingerprint density at radius 2 is 2.14 bits per heavy atom. The van der Waals surface area contributed by atoms with E-state index in [4.69, 9.17) is 5.73 Å². The van der Waals surface area contributed by atoms with E-state index in [1.54, 1.807) is 0 Å². The standard InChI is InChI=1S/C16H19N3O2/c17-14(20)8-9-18-16(21)11-5-3-7-13-15(11)10-4-1-2-6-12(10)19-13/h1-2,4,6,11,19H,3,5,7-9H2,(H2,17,20)(H,18,21). The quantitative estimate of drug-likeness (QED) is 0.796. The van der Waals surface area contributed by atoms with E-state index >= 15 is 0 Å². The fourth-order valence-corrected chi connectivity index (χ4v) is 3.14. The highest BCUT2D eigenvalue weighted by molar-refractivity contribution is 5.93. The van der Waals surface area contributed by atoms with E-state index in [2.05, 4.69) is 16.4 Å². The fourth-order valence-electron chi connectivity index (χ4n) is 3.14. The number of aromatic amines is 1. The van der Waals surface area contributed by atoms with Crippen LogP contribution in [0, 0.1) is 0 Å². The first-order chi connectivity index (χ1) is 10.2. The van der Waals surface area contributed by atoms with Crippen molar-refractivity contribution in [3.63, 3.8) is 0 Å². The van der Waals surface area contributed by atoms with Crippen LogP contribution in [0.1, 0.15) is 36.4 Å². The van der Waals surface area contributed by atoms with Crippen LogP contribution in [0.15, 0.2) is 24.3 Å². The molecule has 110 valence electrons. The van der Waals surface area contributed by atoms with Crippen molar-refractivity contribution in [2.45, 2.75) is 31.6 Å². The Morgan fingerprint density at radius 1 is 1.33 bits per heavy atom. The molecule has 5 nitrogen and oxygen atoms in total. The van der Waals surface area contributed by atoms with Gasteiger partial charge in [-0.1, -0.05) is 18.2 Å². The summed E-state index contributed by atoms with van der Waals surface area (Å²) in [7, 11) is 0. The molecular formula is C16H19N3O2. The van der Waals surface area contributed by atoms with Crippen LogP contribution in [0.5, 0.6) is 0 Å². The molecule has 0 aliphatic heterocycles. The van der Waals surface area contributed by atoms with Crippen LogP contribution in [0.25, 0.3) is 10.9 Å². The molecule has 0 spiro atoms. The minimum Gasteiger partial charge on any atom is -0.370 e. The van der Waals surface area contributed by atoms with Gasteiger partial charge in [-0.25, -0.2) is 0 Å². The lowest BCUT2D eigenvalue weighted by Crippen LogP contribution is -2.33. The van der Waals surface area contributed by atoms with Gasteiger partial charge in [0, 0.05) is 29.6 Å². The number of nitrogens with one attached hydrogen (secondary N) is 2. The number of amides is 2. The summed E-state index contributed by atoms with van der Waals surface area (Å²) in [6, 6.07) is 8.08. The first kappa shape index (κ1) is 13.7. The normalized spacial score (nSPS) is 17.4. The smallest absolute Gasteiger partial charge is 0.227 e. The van der Waals surface area contributed by atoms with Gasteiger partial charge in [-0.05, 0) is 30.9 Å². The maximum absolute atomic E-state index is 12.4. The molecule has 0 saturated heterocycles. The molecule has 4 N–H and O–H groups in total. The summed E-state index contributed by atoms with van der Waals surface area (Å²) < 4.78 is 0. The van der Waals surface area contributed by atoms with Gasteiger partial charge in [0.15, 0.2) is 0 Å². The van der Waals surface area contributed by atoms with Crippen LogP contribution in [-0.4, -0.2) is 23.3 Å². The minimum atomic E-state index is -0.397. The largest absolute Gasteiger partial charge is 0.370 e. The van der Waals surface area contributed by atoms with Crippen molar-refractivity contribution in [3.8, 4) is 0 Å². The zero-order chi connectivity index (χ0) is 14.8. The van der Waals surface area contributed by atoms with Crippen LogP contribution in [-0.2, 0) is 16.0 Å². The van der Waals surface area contributed by atoms with Crippen molar-refractivity contribution < 1.29 is 9.59 Å². The summed E-state index contributed by atoms with van der Waals surface area (Å²) >= 11 is 0. The summed E-state index contributed by atoms with van der Waals surface area (Å²) in [6.45, 7) is 0.308. The van der Waals surface area contributed by atoms with Gasteiger partial charge < -0.3 is 16.0 Å². The number of aromatic nitrogens is 1. The number of rotatable bonds is 4. The van der Waals surface area contributed by atoms with E-state index in [1.807, 2.05) is 18.2 Å². The topological polar surface area (TPSA) is 88.0 Å². The van der Waals surface area contributed by atoms with Gasteiger partial charge in [0.2, 0.25) is 11.8 Å². The van der Waals surface area contributed by atoms with Gasteiger partial charge in [-0.15, -0.1) is 0 Å². The number of para-hydroxylation sites is 1. The number of nitrogens with two attached hydrogens (primary N) is 1. The van der Waals surface area contributed by atoms with E-state index in [0.29, 0.717) is 6.54 Å². The number of benzene rings is 1. The Balaban J connectivity index is 1.86. The molecule has 1 atom stereocenters. The number of primary amides is 1. The van der Waals surface area contributed by atoms with Crippen molar-refractivity contribution in [2.24, 2.45) is 5.73 Å². The molecule has 1 heterocycles. The number of carbonyl (C=O) groups excluding carboxylic acids is 2. The van der Waals surface area contributed by atoms with Crippen molar-refractivity contribution >= 4 is 22.7 Å². The second-order valence-electron chi connectivity index (χ2n) is 5.51. The molecule has 1 aromatic heterocycles. The van der Waals surface area contributed by atoms with Crippen LogP contribution in [0.3, 0.4) is 0 Å². The lowest BCUT2D eigenvalue weighted by atomic mass is 9.84. The first-order valence-corrected chi connectivity index (χ1v) is 7.32. The Labute approximate surface area is 122 Å². The molecule has 2 aromatic rings. The molecule has 1 aromatic carbocycles. The zero-order valence-corrected chi connectivity index (χ0v) is 11.8. The van der Waals surface area contributed by atoms with E-state index in [9.17, 15) is 9.59 Å².